The summed E-state index contributed by atoms with van der Waals surface area (Å²) in [4.78, 5) is 11.8. The second-order valence-electron chi connectivity index (χ2n) is 8.63. The molecule has 1 N–H and O–H groups in total. The van der Waals surface area contributed by atoms with Crippen LogP contribution >= 0.6 is 0 Å². The van der Waals surface area contributed by atoms with Gasteiger partial charge in [-0.05, 0) is 88.0 Å². The summed E-state index contributed by atoms with van der Waals surface area (Å²) >= 11 is 0. The van der Waals surface area contributed by atoms with Crippen molar-refractivity contribution in [3.63, 3.8) is 0 Å². The summed E-state index contributed by atoms with van der Waals surface area (Å²) in [7, 11) is 0. The Bertz CT molecular complexity index is 636. The summed E-state index contributed by atoms with van der Waals surface area (Å²) in [5.74, 6) is 9.29. The summed E-state index contributed by atoms with van der Waals surface area (Å²) in [5, 5.41) is 11.4. The number of carbonyl (C=O) groups is 1. The van der Waals surface area contributed by atoms with E-state index in [4.69, 9.17) is 0 Å². The number of fused-ring (bicyclic) bond motifs is 5. The molecule has 0 aromatic carbocycles. The van der Waals surface area contributed by atoms with E-state index in [1.807, 2.05) is 13.0 Å². The van der Waals surface area contributed by atoms with Gasteiger partial charge in [0.25, 0.3) is 0 Å². The molecular formula is C22H30O2. The molecule has 6 atom stereocenters. The van der Waals surface area contributed by atoms with Crippen LogP contribution in [0.1, 0.15) is 71.6 Å². The Morgan fingerprint density at radius 1 is 1.17 bits per heavy atom. The summed E-state index contributed by atoms with van der Waals surface area (Å²) in [6.07, 6.45) is 11.4. The first-order valence-corrected chi connectivity index (χ1v) is 9.94. The lowest BCUT2D eigenvalue weighted by molar-refractivity contribution is -0.117. The summed E-state index contributed by atoms with van der Waals surface area (Å²) in [6, 6.07) is 0. The second kappa shape index (κ2) is 5.73. The highest BCUT2D eigenvalue weighted by Gasteiger charge is 2.63. The van der Waals surface area contributed by atoms with Crippen LogP contribution in [0.25, 0.3) is 0 Å². The molecule has 0 amide bonds. The molecule has 130 valence electrons. The van der Waals surface area contributed by atoms with Gasteiger partial charge in [0.05, 0.1) is 0 Å². The molecule has 4 unspecified atom stereocenters. The minimum atomic E-state index is -0.773. The summed E-state index contributed by atoms with van der Waals surface area (Å²) in [6.45, 7) is 4.12. The maximum Gasteiger partial charge on any atom is 0.155 e. The first-order valence-electron chi connectivity index (χ1n) is 9.94. The van der Waals surface area contributed by atoms with E-state index in [1.54, 1.807) is 0 Å². The number of hydrogen-bond donors (Lipinski definition) is 1. The van der Waals surface area contributed by atoms with E-state index in [1.165, 1.54) is 18.4 Å². The maximum atomic E-state index is 11.8. The van der Waals surface area contributed by atoms with Gasteiger partial charge >= 0.3 is 0 Å². The zero-order valence-electron chi connectivity index (χ0n) is 15.1. The SMILES string of the molecule is CC#C[C@]1(O)CCC2C3CCC4=CC(=O)CCC4C3CC[C@@]21CC. The number of carbonyl (C=O) groups excluding carboxylic acids is 1. The fourth-order valence-electron chi connectivity index (χ4n) is 7.14. The van der Waals surface area contributed by atoms with Crippen LogP contribution in [0.2, 0.25) is 0 Å². The normalized spacial score (nSPS) is 47.0. The monoisotopic (exact) mass is 326 g/mol. The maximum absolute atomic E-state index is 11.8. The Morgan fingerprint density at radius 3 is 2.75 bits per heavy atom. The molecule has 0 radical (unpaired) electrons. The Labute approximate surface area is 146 Å². The van der Waals surface area contributed by atoms with Crippen molar-refractivity contribution in [1.29, 1.82) is 0 Å². The van der Waals surface area contributed by atoms with Crippen molar-refractivity contribution >= 4 is 5.78 Å². The first-order chi connectivity index (χ1) is 11.5. The van der Waals surface area contributed by atoms with Crippen LogP contribution < -0.4 is 0 Å². The quantitative estimate of drug-likeness (QED) is 0.731. The Balaban J connectivity index is 1.67. The predicted octanol–water partition coefficient (Wildman–Crippen LogP) is 4.27. The molecule has 0 aromatic rings. The molecule has 0 spiro atoms. The summed E-state index contributed by atoms with van der Waals surface area (Å²) < 4.78 is 0. The van der Waals surface area contributed by atoms with E-state index in [-0.39, 0.29) is 5.41 Å². The highest BCUT2D eigenvalue weighted by atomic mass is 16.3. The summed E-state index contributed by atoms with van der Waals surface area (Å²) in [5.41, 5.74) is 0.673. The van der Waals surface area contributed by atoms with Crippen LogP contribution in [-0.4, -0.2) is 16.5 Å². The van der Waals surface area contributed by atoms with Crippen LogP contribution in [0.3, 0.4) is 0 Å². The third-order valence-electron chi connectivity index (χ3n) is 8.11. The van der Waals surface area contributed by atoms with E-state index in [2.05, 4.69) is 18.8 Å². The van der Waals surface area contributed by atoms with Gasteiger partial charge in [0.2, 0.25) is 0 Å². The average molecular weight is 326 g/mol. The molecule has 0 heterocycles. The molecule has 0 aliphatic heterocycles. The Morgan fingerprint density at radius 2 is 2.00 bits per heavy atom. The molecule has 2 nitrogen and oxygen atoms in total. The number of aliphatic hydroxyl groups is 1. The number of hydrogen-bond acceptors (Lipinski definition) is 2. The van der Waals surface area contributed by atoms with Crippen LogP contribution in [-0.2, 0) is 4.79 Å². The molecule has 3 saturated carbocycles. The van der Waals surface area contributed by atoms with E-state index in [9.17, 15) is 9.90 Å². The standard InChI is InChI=1S/C22H30O2/c1-3-11-22(24)13-10-20-19-7-5-15-14-16(23)6-8-17(15)18(19)9-12-21(20,22)4-2/h14,17-20,24H,4-10,12-13H2,1-2H3/t17?,18?,19?,20?,21-,22-/m0/s1. The highest BCUT2D eigenvalue weighted by molar-refractivity contribution is 5.91. The fraction of sp³-hybridized carbons (Fsp3) is 0.773. The topological polar surface area (TPSA) is 37.3 Å². The van der Waals surface area contributed by atoms with Gasteiger partial charge in [0.15, 0.2) is 5.78 Å². The van der Waals surface area contributed by atoms with Crippen LogP contribution in [0.15, 0.2) is 11.6 Å². The molecule has 0 aromatic heterocycles. The van der Waals surface area contributed by atoms with Crippen molar-refractivity contribution in [1.82, 2.24) is 0 Å². The highest BCUT2D eigenvalue weighted by Crippen LogP contribution is 2.66. The van der Waals surface area contributed by atoms with Gasteiger partial charge in [-0.1, -0.05) is 18.4 Å². The predicted molar refractivity (Wildman–Crippen MR) is 95.1 cm³/mol. The molecule has 0 saturated heterocycles. The second-order valence-corrected chi connectivity index (χ2v) is 8.63. The van der Waals surface area contributed by atoms with E-state index in [0.717, 1.165) is 56.8 Å². The molecule has 3 fully saturated rings. The molecule has 4 rings (SSSR count). The number of rotatable bonds is 1. The van der Waals surface area contributed by atoms with Crippen molar-refractivity contribution in [3.05, 3.63) is 11.6 Å². The number of ketones is 1. The zero-order valence-corrected chi connectivity index (χ0v) is 15.1. The third kappa shape index (κ3) is 2.10. The molecular weight excluding hydrogens is 296 g/mol. The van der Waals surface area contributed by atoms with Crippen molar-refractivity contribution in [2.24, 2.45) is 29.1 Å². The lowest BCUT2D eigenvalue weighted by Gasteiger charge is -2.56. The third-order valence-corrected chi connectivity index (χ3v) is 8.11. The van der Waals surface area contributed by atoms with E-state index >= 15 is 0 Å². The lowest BCUT2D eigenvalue weighted by Crippen LogP contribution is -2.53. The lowest BCUT2D eigenvalue weighted by atomic mass is 9.49. The van der Waals surface area contributed by atoms with Crippen LogP contribution in [0.4, 0.5) is 0 Å². The van der Waals surface area contributed by atoms with Gasteiger partial charge < -0.3 is 5.11 Å². The average Bonchev–Trinajstić information content (AvgIpc) is 2.88. The van der Waals surface area contributed by atoms with Gasteiger partial charge in [-0.2, -0.15) is 0 Å². The van der Waals surface area contributed by atoms with Gasteiger partial charge in [-0.3, -0.25) is 4.79 Å². The minimum absolute atomic E-state index is 0.00286. The zero-order chi connectivity index (χ0) is 16.9. The van der Waals surface area contributed by atoms with Crippen molar-refractivity contribution in [3.8, 4) is 11.8 Å². The first kappa shape index (κ1) is 16.4. The van der Waals surface area contributed by atoms with E-state index in [0.29, 0.717) is 17.6 Å². The van der Waals surface area contributed by atoms with Crippen LogP contribution in [0, 0.1) is 40.9 Å². The molecule has 4 aliphatic rings. The molecule has 0 bridgehead atoms. The number of allylic oxidation sites excluding steroid dienone is 1. The van der Waals surface area contributed by atoms with Crippen LogP contribution in [0.5, 0.6) is 0 Å². The molecule has 4 aliphatic carbocycles. The fourth-order valence-corrected chi connectivity index (χ4v) is 7.14. The van der Waals surface area contributed by atoms with E-state index < -0.39 is 5.60 Å². The van der Waals surface area contributed by atoms with Gasteiger partial charge in [0, 0.05) is 11.8 Å². The van der Waals surface area contributed by atoms with Gasteiger partial charge in [0.1, 0.15) is 5.60 Å². The Hall–Kier alpha value is -1.07. The molecule has 2 heteroatoms. The molecule has 24 heavy (non-hydrogen) atoms. The minimum Gasteiger partial charge on any atom is -0.377 e. The Kier molecular flexibility index (Phi) is 3.92. The van der Waals surface area contributed by atoms with Gasteiger partial charge in [-0.25, -0.2) is 0 Å². The van der Waals surface area contributed by atoms with Crippen molar-refractivity contribution in [2.75, 3.05) is 0 Å². The van der Waals surface area contributed by atoms with Crippen molar-refractivity contribution in [2.45, 2.75) is 77.2 Å². The smallest absolute Gasteiger partial charge is 0.155 e. The van der Waals surface area contributed by atoms with Crippen molar-refractivity contribution < 1.29 is 9.90 Å². The largest absolute Gasteiger partial charge is 0.377 e. The van der Waals surface area contributed by atoms with Gasteiger partial charge in [-0.15, -0.1) is 5.92 Å².